The second kappa shape index (κ2) is 16.2. The van der Waals surface area contributed by atoms with E-state index in [1.807, 2.05) is 11.3 Å². The van der Waals surface area contributed by atoms with Crippen molar-refractivity contribution in [1.29, 1.82) is 0 Å². The molecule has 0 amide bonds. The highest BCUT2D eigenvalue weighted by molar-refractivity contribution is 7.26. The van der Waals surface area contributed by atoms with Gasteiger partial charge in [-0.05, 0) is 103 Å². The van der Waals surface area contributed by atoms with Crippen LogP contribution in [0.2, 0.25) is 0 Å². The number of rotatable bonds is 7. The molecule has 0 aliphatic heterocycles. The van der Waals surface area contributed by atoms with E-state index in [1.165, 1.54) is 81.0 Å². The minimum absolute atomic E-state index is 0.864. The van der Waals surface area contributed by atoms with Gasteiger partial charge in [0.1, 0.15) is 0 Å². The number of hydrogen-bond acceptors (Lipinski definition) is 3. The van der Waals surface area contributed by atoms with E-state index in [9.17, 15) is 0 Å². The first kappa shape index (κ1) is 38.9. The summed E-state index contributed by atoms with van der Waals surface area (Å²) in [7, 11) is 0. The van der Waals surface area contributed by atoms with Crippen LogP contribution in [0.25, 0.3) is 131 Å². The summed E-state index contributed by atoms with van der Waals surface area (Å²) in [5.74, 6) is 0. The van der Waals surface area contributed by atoms with Crippen molar-refractivity contribution in [3.05, 3.63) is 243 Å². The van der Waals surface area contributed by atoms with E-state index in [4.69, 9.17) is 9.97 Å². The van der Waals surface area contributed by atoms with Crippen molar-refractivity contribution in [1.82, 2.24) is 9.97 Å². The smallest absolute Gasteiger partial charge is 0.0979 e. The Balaban J connectivity index is 1.03. The maximum Gasteiger partial charge on any atom is 0.0979 e. The standard InChI is InChI=1S/C64H40N2S/c1-4-17-41(18-5-1)44-23-14-25-46(35-44)48-33-34-59-57(38-48)58-40-51(47-26-15-24-45(36-47)42-19-6-2-7-20-42)39-56(64(58)67-59)49-27-16-28-50(37-49)61-60(43-21-8-3-9-22-43)65-62-54-31-12-10-29-52(54)53-30-11-13-32-55(53)63(62)66-61/h1-40H. The minimum Gasteiger partial charge on any atom is -0.243 e. The number of aromatic nitrogens is 2. The van der Waals surface area contributed by atoms with E-state index >= 15 is 0 Å². The van der Waals surface area contributed by atoms with Gasteiger partial charge < -0.3 is 0 Å². The molecule has 2 nitrogen and oxygen atoms in total. The van der Waals surface area contributed by atoms with Gasteiger partial charge in [-0.15, -0.1) is 11.3 Å². The fourth-order valence-electron chi connectivity index (χ4n) is 9.95. The van der Waals surface area contributed by atoms with Gasteiger partial charge >= 0.3 is 0 Å². The van der Waals surface area contributed by atoms with Crippen molar-refractivity contribution in [2.45, 2.75) is 0 Å². The van der Waals surface area contributed by atoms with Crippen LogP contribution >= 0.6 is 11.3 Å². The topological polar surface area (TPSA) is 25.8 Å². The predicted octanol–water partition coefficient (Wildman–Crippen LogP) is 18.0. The molecule has 0 atom stereocenters. The van der Waals surface area contributed by atoms with E-state index < -0.39 is 0 Å². The Morgan fingerprint density at radius 2 is 0.642 bits per heavy atom. The maximum absolute atomic E-state index is 5.64. The lowest BCUT2D eigenvalue weighted by Gasteiger charge is -2.15. The van der Waals surface area contributed by atoms with Crippen molar-refractivity contribution in [2.75, 3.05) is 0 Å². The zero-order chi connectivity index (χ0) is 44.3. The summed E-state index contributed by atoms with van der Waals surface area (Å²) in [5.41, 5.74) is 17.5. The summed E-state index contributed by atoms with van der Waals surface area (Å²) in [5, 5.41) is 7.07. The minimum atomic E-state index is 0.864. The number of nitrogens with zero attached hydrogens (tertiary/aromatic N) is 2. The molecule has 2 heterocycles. The van der Waals surface area contributed by atoms with Gasteiger partial charge in [-0.3, -0.25) is 0 Å². The summed E-state index contributed by atoms with van der Waals surface area (Å²) in [6.07, 6.45) is 0. The Kier molecular flexibility index (Phi) is 9.40. The Hall–Kier alpha value is -8.50. The normalized spacial score (nSPS) is 11.6. The van der Waals surface area contributed by atoms with Crippen LogP contribution in [0.3, 0.4) is 0 Å². The Labute approximate surface area is 392 Å². The second-order valence-electron chi connectivity index (χ2n) is 17.3. The zero-order valence-corrected chi connectivity index (χ0v) is 37.2. The third-order valence-electron chi connectivity index (χ3n) is 13.2. The van der Waals surface area contributed by atoms with E-state index in [-0.39, 0.29) is 0 Å². The van der Waals surface area contributed by atoms with Gasteiger partial charge in [-0.1, -0.05) is 200 Å². The van der Waals surface area contributed by atoms with Crippen LogP contribution in [-0.2, 0) is 0 Å². The molecule has 0 saturated carbocycles. The van der Waals surface area contributed by atoms with Crippen molar-refractivity contribution >= 4 is 64.1 Å². The zero-order valence-electron chi connectivity index (χ0n) is 36.4. The lowest BCUT2D eigenvalue weighted by molar-refractivity contribution is 1.31. The Morgan fingerprint density at radius 3 is 1.22 bits per heavy atom. The van der Waals surface area contributed by atoms with Crippen molar-refractivity contribution < 1.29 is 0 Å². The van der Waals surface area contributed by atoms with Gasteiger partial charge in [-0.2, -0.15) is 0 Å². The van der Waals surface area contributed by atoms with Crippen LogP contribution in [0.4, 0.5) is 0 Å². The van der Waals surface area contributed by atoms with Crippen LogP contribution in [0, 0.1) is 0 Å². The van der Waals surface area contributed by atoms with Gasteiger partial charge in [0.2, 0.25) is 0 Å². The number of hydrogen-bond donors (Lipinski definition) is 0. The molecule has 2 aromatic heterocycles. The van der Waals surface area contributed by atoms with E-state index in [0.29, 0.717) is 0 Å². The highest BCUT2D eigenvalue weighted by Crippen LogP contribution is 2.46. The van der Waals surface area contributed by atoms with Gasteiger partial charge in [0.05, 0.1) is 22.4 Å². The Bertz CT molecular complexity index is 4020. The van der Waals surface area contributed by atoms with Gasteiger partial charge in [0.25, 0.3) is 0 Å². The van der Waals surface area contributed by atoms with Crippen molar-refractivity contribution in [3.8, 4) is 78.1 Å². The summed E-state index contributed by atoms with van der Waals surface area (Å²) >= 11 is 1.87. The molecule has 13 rings (SSSR count). The number of fused-ring (bicyclic) bond motifs is 9. The van der Waals surface area contributed by atoms with Crippen LogP contribution in [-0.4, -0.2) is 9.97 Å². The van der Waals surface area contributed by atoms with Gasteiger partial charge in [-0.25, -0.2) is 9.97 Å². The van der Waals surface area contributed by atoms with Crippen LogP contribution in [0.5, 0.6) is 0 Å². The fraction of sp³-hybridized carbons (Fsp3) is 0. The molecular weight excluding hydrogens is 829 g/mol. The molecule has 13 aromatic rings. The molecule has 0 unspecified atom stereocenters. The van der Waals surface area contributed by atoms with Crippen LogP contribution < -0.4 is 0 Å². The van der Waals surface area contributed by atoms with Crippen LogP contribution in [0.1, 0.15) is 0 Å². The van der Waals surface area contributed by atoms with E-state index in [2.05, 4.69) is 243 Å². The predicted molar refractivity (Wildman–Crippen MR) is 285 cm³/mol. The third-order valence-corrected chi connectivity index (χ3v) is 14.4. The highest BCUT2D eigenvalue weighted by Gasteiger charge is 2.20. The van der Waals surface area contributed by atoms with Gasteiger partial charge in [0, 0.05) is 47.6 Å². The number of benzene rings is 11. The summed E-state index contributed by atoms with van der Waals surface area (Å²) in [4.78, 5) is 11.2. The quantitative estimate of drug-likeness (QED) is 0.149. The third kappa shape index (κ3) is 6.88. The van der Waals surface area contributed by atoms with E-state index in [0.717, 1.165) is 49.9 Å². The molecule has 312 valence electrons. The molecule has 0 fully saturated rings. The average molecular weight is 869 g/mol. The lowest BCUT2D eigenvalue weighted by Crippen LogP contribution is -1.97. The summed E-state index contributed by atoms with van der Waals surface area (Å²) in [6, 6.07) is 87.6. The summed E-state index contributed by atoms with van der Waals surface area (Å²) in [6.45, 7) is 0. The number of thiophene rings is 1. The summed E-state index contributed by atoms with van der Waals surface area (Å²) < 4.78 is 2.52. The molecule has 11 aromatic carbocycles. The van der Waals surface area contributed by atoms with Crippen molar-refractivity contribution in [3.63, 3.8) is 0 Å². The second-order valence-corrected chi connectivity index (χ2v) is 18.3. The Morgan fingerprint density at radius 1 is 0.239 bits per heavy atom. The first-order valence-electron chi connectivity index (χ1n) is 22.8. The van der Waals surface area contributed by atoms with Gasteiger partial charge in [0.15, 0.2) is 0 Å². The highest BCUT2D eigenvalue weighted by atomic mass is 32.1. The molecular formula is C64H40N2S. The molecule has 3 heteroatoms. The first-order valence-corrected chi connectivity index (χ1v) is 23.6. The maximum atomic E-state index is 5.64. The lowest BCUT2D eigenvalue weighted by atomic mass is 9.92. The van der Waals surface area contributed by atoms with Crippen LogP contribution in [0.15, 0.2) is 243 Å². The molecule has 0 spiro atoms. The molecule has 0 radical (unpaired) electrons. The van der Waals surface area contributed by atoms with Crippen molar-refractivity contribution in [2.24, 2.45) is 0 Å². The first-order chi connectivity index (χ1) is 33.2. The molecule has 67 heavy (non-hydrogen) atoms. The monoisotopic (exact) mass is 868 g/mol. The molecule has 0 bridgehead atoms. The molecule has 0 N–H and O–H groups in total. The fourth-order valence-corrected chi connectivity index (χ4v) is 11.1. The average Bonchev–Trinajstić information content (AvgIpc) is 3.79. The molecule has 0 aliphatic rings. The SMILES string of the molecule is c1ccc(-c2cccc(-c3ccc4sc5c(-c6cccc(-c7nc8c9ccccc9c9ccccc9c8nc7-c7ccccc7)c6)cc(-c6cccc(-c7ccccc7)c6)cc5c4c3)c2)cc1. The molecule has 0 saturated heterocycles. The molecule has 0 aliphatic carbocycles. The largest absolute Gasteiger partial charge is 0.243 e. The van der Waals surface area contributed by atoms with E-state index in [1.54, 1.807) is 0 Å².